The Balaban J connectivity index is 1.86. The molecule has 1 heterocycles. The summed E-state index contributed by atoms with van der Waals surface area (Å²) in [6.07, 6.45) is 0. The van der Waals surface area contributed by atoms with Crippen LogP contribution < -0.4 is 10.1 Å². The van der Waals surface area contributed by atoms with Gasteiger partial charge in [-0.1, -0.05) is 29.8 Å². The molecule has 0 aliphatic rings. The molecule has 1 N–H and O–H groups in total. The van der Waals surface area contributed by atoms with Crippen LogP contribution in [0, 0.1) is 5.82 Å². The average Bonchev–Trinajstić information content (AvgIpc) is 2.89. The summed E-state index contributed by atoms with van der Waals surface area (Å²) in [5.41, 5.74) is 0.947. The second-order valence-corrected chi connectivity index (χ2v) is 4.95. The van der Waals surface area contributed by atoms with Crippen LogP contribution in [0.2, 0.25) is 5.02 Å². The Kier molecular flexibility index (Phi) is 3.71. The van der Waals surface area contributed by atoms with Crippen LogP contribution in [-0.2, 0) is 6.54 Å². The first-order valence-electron chi connectivity index (χ1n) is 6.42. The van der Waals surface area contributed by atoms with E-state index in [1.54, 1.807) is 19.2 Å². The highest BCUT2D eigenvalue weighted by atomic mass is 35.5. The fourth-order valence-corrected chi connectivity index (χ4v) is 2.41. The summed E-state index contributed by atoms with van der Waals surface area (Å²) in [6, 6.07) is 12.1. The molecule has 3 nitrogen and oxygen atoms in total. The van der Waals surface area contributed by atoms with Crippen molar-refractivity contribution in [2.75, 3.05) is 12.4 Å². The summed E-state index contributed by atoms with van der Waals surface area (Å²) in [6.45, 7) is 0.332. The lowest BCUT2D eigenvalue weighted by molar-refractivity contribution is 0.408. The third-order valence-electron chi connectivity index (χ3n) is 3.18. The number of methoxy groups -OCH3 is 1. The van der Waals surface area contributed by atoms with Crippen LogP contribution in [0.25, 0.3) is 11.0 Å². The van der Waals surface area contributed by atoms with Gasteiger partial charge in [0.2, 0.25) is 0 Å². The molecule has 2 aromatic carbocycles. The highest BCUT2D eigenvalue weighted by Gasteiger charge is 2.10. The predicted octanol–water partition coefficient (Wildman–Crippen LogP) is 4.85. The van der Waals surface area contributed by atoms with Crippen molar-refractivity contribution >= 4 is 28.3 Å². The maximum atomic E-state index is 13.7. The minimum Gasteiger partial charge on any atom is -0.493 e. The van der Waals surface area contributed by atoms with Gasteiger partial charge in [-0.2, -0.15) is 0 Å². The van der Waals surface area contributed by atoms with Gasteiger partial charge in [0.15, 0.2) is 11.3 Å². The van der Waals surface area contributed by atoms with E-state index in [9.17, 15) is 4.39 Å². The number of rotatable bonds is 4. The number of para-hydroxylation sites is 2. The van der Waals surface area contributed by atoms with E-state index in [0.29, 0.717) is 28.7 Å². The van der Waals surface area contributed by atoms with Gasteiger partial charge < -0.3 is 14.5 Å². The number of hydrogen-bond donors (Lipinski definition) is 1. The smallest absolute Gasteiger partial charge is 0.176 e. The van der Waals surface area contributed by atoms with Crippen LogP contribution >= 0.6 is 11.6 Å². The minimum absolute atomic E-state index is 0.270. The van der Waals surface area contributed by atoms with Gasteiger partial charge in [-0.3, -0.25) is 0 Å². The van der Waals surface area contributed by atoms with E-state index in [2.05, 4.69) is 5.32 Å². The number of hydrogen-bond acceptors (Lipinski definition) is 3. The number of nitrogens with one attached hydrogen (secondary N) is 1. The van der Waals surface area contributed by atoms with Crippen molar-refractivity contribution in [2.45, 2.75) is 6.54 Å². The molecule has 0 bridgehead atoms. The largest absolute Gasteiger partial charge is 0.493 e. The number of ether oxygens (including phenoxy) is 1. The molecular weight excluding hydrogens is 293 g/mol. The molecule has 0 saturated heterocycles. The summed E-state index contributed by atoms with van der Waals surface area (Å²) < 4.78 is 24.7. The Morgan fingerprint density at radius 2 is 2.05 bits per heavy atom. The van der Waals surface area contributed by atoms with Gasteiger partial charge in [0.25, 0.3) is 0 Å². The third-order valence-corrected chi connectivity index (χ3v) is 3.50. The van der Waals surface area contributed by atoms with E-state index in [4.69, 9.17) is 20.8 Å². The zero-order valence-electron chi connectivity index (χ0n) is 11.3. The molecule has 3 aromatic rings. The first kappa shape index (κ1) is 13.8. The molecule has 0 spiro atoms. The van der Waals surface area contributed by atoms with E-state index in [0.717, 1.165) is 5.39 Å². The van der Waals surface area contributed by atoms with Gasteiger partial charge >= 0.3 is 0 Å². The molecule has 5 heteroatoms. The van der Waals surface area contributed by atoms with Gasteiger partial charge in [0.1, 0.15) is 11.6 Å². The fraction of sp³-hybridized carbons (Fsp3) is 0.125. The summed E-state index contributed by atoms with van der Waals surface area (Å²) in [7, 11) is 1.59. The zero-order valence-corrected chi connectivity index (χ0v) is 12.1. The summed E-state index contributed by atoms with van der Waals surface area (Å²) >= 11 is 5.97. The van der Waals surface area contributed by atoms with Crippen LogP contribution in [0.15, 0.2) is 46.9 Å². The van der Waals surface area contributed by atoms with Crippen molar-refractivity contribution in [2.24, 2.45) is 0 Å². The van der Waals surface area contributed by atoms with Crippen LogP contribution in [0.3, 0.4) is 0 Å². The molecule has 0 radical (unpaired) electrons. The van der Waals surface area contributed by atoms with E-state index in [1.807, 2.05) is 24.3 Å². The second kappa shape index (κ2) is 5.66. The standard InChI is InChI=1S/C16H13ClFNO2/c1-20-14-7-2-4-10-8-11(21-16(10)14)9-19-15-12(17)5-3-6-13(15)18/h2-8,19H,9H2,1H3. The Hall–Kier alpha value is -2.20. The van der Waals surface area contributed by atoms with Crippen molar-refractivity contribution in [3.63, 3.8) is 0 Å². The Bertz CT molecular complexity index is 765. The van der Waals surface area contributed by atoms with Crippen LogP contribution in [0.4, 0.5) is 10.1 Å². The first-order valence-corrected chi connectivity index (χ1v) is 6.80. The van der Waals surface area contributed by atoms with E-state index < -0.39 is 5.82 Å². The van der Waals surface area contributed by atoms with Crippen molar-refractivity contribution in [1.29, 1.82) is 0 Å². The van der Waals surface area contributed by atoms with Crippen molar-refractivity contribution in [3.05, 3.63) is 59.1 Å². The van der Waals surface area contributed by atoms with Gasteiger partial charge in [-0.15, -0.1) is 0 Å². The van der Waals surface area contributed by atoms with E-state index in [1.165, 1.54) is 6.07 Å². The van der Waals surface area contributed by atoms with E-state index >= 15 is 0 Å². The highest BCUT2D eigenvalue weighted by Crippen LogP contribution is 2.30. The van der Waals surface area contributed by atoms with Gasteiger partial charge in [0.05, 0.1) is 24.4 Å². The first-order chi connectivity index (χ1) is 10.2. The lowest BCUT2D eigenvalue weighted by Crippen LogP contribution is -2.01. The van der Waals surface area contributed by atoms with Crippen LogP contribution in [0.5, 0.6) is 5.75 Å². The lowest BCUT2D eigenvalue weighted by Gasteiger charge is -2.07. The fourth-order valence-electron chi connectivity index (χ4n) is 2.18. The zero-order chi connectivity index (χ0) is 14.8. The maximum absolute atomic E-state index is 13.7. The topological polar surface area (TPSA) is 34.4 Å². The lowest BCUT2D eigenvalue weighted by atomic mass is 10.2. The normalized spacial score (nSPS) is 10.8. The molecule has 0 unspecified atom stereocenters. The van der Waals surface area contributed by atoms with Crippen molar-refractivity contribution < 1.29 is 13.5 Å². The number of anilines is 1. The van der Waals surface area contributed by atoms with Crippen LogP contribution in [0.1, 0.15) is 5.76 Å². The maximum Gasteiger partial charge on any atom is 0.176 e. The van der Waals surface area contributed by atoms with Crippen molar-refractivity contribution in [1.82, 2.24) is 0 Å². The van der Waals surface area contributed by atoms with Gasteiger partial charge in [0, 0.05) is 5.39 Å². The summed E-state index contributed by atoms with van der Waals surface area (Å²) in [5, 5.41) is 4.23. The number of halogens is 2. The number of benzene rings is 2. The quantitative estimate of drug-likeness (QED) is 0.748. The van der Waals surface area contributed by atoms with Gasteiger partial charge in [-0.25, -0.2) is 4.39 Å². The summed E-state index contributed by atoms with van der Waals surface area (Å²) in [4.78, 5) is 0. The minimum atomic E-state index is -0.392. The molecule has 0 atom stereocenters. The SMILES string of the molecule is COc1cccc2cc(CNc3c(F)cccc3Cl)oc12. The Labute approximate surface area is 126 Å². The third kappa shape index (κ3) is 2.67. The number of fused-ring (bicyclic) bond motifs is 1. The number of furan rings is 1. The molecule has 0 saturated carbocycles. The average molecular weight is 306 g/mol. The Morgan fingerprint density at radius 1 is 1.24 bits per heavy atom. The van der Waals surface area contributed by atoms with Gasteiger partial charge in [-0.05, 0) is 24.3 Å². The van der Waals surface area contributed by atoms with Crippen LogP contribution in [-0.4, -0.2) is 7.11 Å². The van der Waals surface area contributed by atoms with Crippen molar-refractivity contribution in [3.8, 4) is 5.75 Å². The summed E-state index contributed by atoms with van der Waals surface area (Å²) in [5.74, 6) is 0.952. The molecule has 0 amide bonds. The second-order valence-electron chi connectivity index (χ2n) is 4.54. The monoisotopic (exact) mass is 305 g/mol. The molecule has 21 heavy (non-hydrogen) atoms. The molecule has 0 aliphatic carbocycles. The molecule has 108 valence electrons. The highest BCUT2D eigenvalue weighted by molar-refractivity contribution is 6.33. The molecule has 3 rings (SSSR count). The van der Waals surface area contributed by atoms with E-state index in [-0.39, 0.29) is 5.69 Å². The molecule has 0 fully saturated rings. The predicted molar refractivity (Wildman–Crippen MR) is 81.5 cm³/mol. The molecule has 1 aromatic heterocycles. The molecule has 0 aliphatic heterocycles. The molecular formula is C16H13ClFNO2. The Morgan fingerprint density at radius 3 is 2.81 bits per heavy atom.